The molecule has 1 aliphatic rings. The number of nitrogens with zero attached hydrogens (tertiary/aromatic N) is 6. The van der Waals surface area contributed by atoms with Gasteiger partial charge < -0.3 is 20.5 Å². The summed E-state index contributed by atoms with van der Waals surface area (Å²) in [5.41, 5.74) is 1.08. The first kappa shape index (κ1) is 25.5. The number of amides is 1. The number of anilines is 3. The third kappa shape index (κ3) is 6.39. The quantitative estimate of drug-likeness (QED) is 0.256. The number of fused-ring (bicyclic) bond motifs is 1. The highest BCUT2D eigenvalue weighted by atomic mass is 19.1. The molecule has 198 valence electrons. The van der Waals surface area contributed by atoms with Crippen molar-refractivity contribution in [2.24, 2.45) is 0 Å². The summed E-state index contributed by atoms with van der Waals surface area (Å²) in [5.74, 6) is 0.882. The second kappa shape index (κ2) is 11.9. The Labute approximate surface area is 218 Å². The lowest BCUT2D eigenvalue weighted by molar-refractivity contribution is -0.116. The molecule has 4 aromatic rings. The molecule has 3 heterocycles. The molecule has 1 amide bonds. The number of likely N-dealkylation sites (tertiary alicyclic amines) is 1. The molecule has 0 spiro atoms. The number of carbonyl (C=O) groups excluding carboxylic acids is 1. The Bertz CT molecular complexity index is 1400. The first-order valence-corrected chi connectivity index (χ1v) is 12.5. The van der Waals surface area contributed by atoms with Crippen molar-refractivity contribution in [3.63, 3.8) is 0 Å². The van der Waals surface area contributed by atoms with Crippen LogP contribution >= 0.6 is 0 Å². The minimum atomic E-state index is -0.430. The number of benzene rings is 2. The number of aromatic nitrogens is 5. The van der Waals surface area contributed by atoms with Crippen LogP contribution in [-0.2, 0) is 11.3 Å². The Morgan fingerprint density at radius 1 is 1.21 bits per heavy atom. The molecule has 1 fully saturated rings. The molecule has 1 atom stereocenters. The molecule has 0 radical (unpaired) electrons. The van der Waals surface area contributed by atoms with Gasteiger partial charge in [0.2, 0.25) is 5.91 Å². The third-order valence-corrected chi connectivity index (χ3v) is 6.38. The molecule has 5 rings (SSSR count). The SMILES string of the molecule is O=C(Cn1cc(Nc2ncnc3cc(OCCCN4CCC[C@H]4CO)ccc23)nn1)Nc1cccc(F)c1. The van der Waals surface area contributed by atoms with Gasteiger partial charge in [0.1, 0.15) is 30.3 Å². The molecule has 0 saturated carbocycles. The zero-order valence-corrected chi connectivity index (χ0v) is 20.8. The fourth-order valence-electron chi connectivity index (χ4n) is 4.55. The van der Waals surface area contributed by atoms with E-state index in [4.69, 9.17) is 4.74 Å². The first-order valence-electron chi connectivity index (χ1n) is 12.5. The van der Waals surface area contributed by atoms with Crippen molar-refractivity contribution >= 4 is 34.1 Å². The number of ether oxygens (including phenoxy) is 1. The summed E-state index contributed by atoms with van der Waals surface area (Å²) in [7, 11) is 0. The second-order valence-electron chi connectivity index (χ2n) is 9.10. The third-order valence-electron chi connectivity index (χ3n) is 6.38. The van der Waals surface area contributed by atoms with E-state index in [1.165, 1.54) is 29.2 Å². The molecular weight excluding hydrogens is 491 g/mol. The van der Waals surface area contributed by atoms with Crippen LogP contribution in [0.5, 0.6) is 5.75 Å². The predicted molar refractivity (Wildman–Crippen MR) is 140 cm³/mol. The van der Waals surface area contributed by atoms with Gasteiger partial charge in [-0.05, 0) is 56.1 Å². The summed E-state index contributed by atoms with van der Waals surface area (Å²) in [6.45, 7) is 2.64. The molecule has 11 nitrogen and oxygen atoms in total. The van der Waals surface area contributed by atoms with Crippen molar-refractivity contribution in [1.82, 2.24) is 29.9 Å². The minimum Gasteiger partial charge on any atom is -0.493 e. The van der Waals surface area contributed by atoms with Crippen molar-refractivity contribution in [2.45, 2.75) is 31.8 Å². The average Bonchev–Trinajstić information content (AvgIpc) is 3.55. The number of aliphatic hydroxyl groups is 1. The lowest BCUT2D eigenvalue weighted by Gasteiger charge is -2.22. The zero-order chi connectivity index (χ0) is 26.3. The van der Waals surface area contributed by atoms with Gasteiger partial charge in [0.15, 0.2) is 5.82 Å². The number of halogens is 1. The van der Waals surface area contributed by atoms with Gasteiger partial charge in [-0.25, -0.2) is 19.0 Å². The van der Waals surface area contributed by atoms with Crippen LogP contribution in [0, 0.1) is 5.82 Å². The summed E-state index contributed by atoms with van der Waals surface area (Å²) in [5, 5.41) is 24.0. The topological polar surface area (TPSA) is 130 Å². The van der Waals surface area contributed by atoms with Crippen LogP contribution in [0.2, 0.25) is 0 Å². The molecule has 0 unspecified atom stereocenters. The molecular formula is C26H29FN8O3. The molecule has 3 N–H and O–H groups in total. The second-order valence-corrected chi connectivity index (χ2v) is 9.10. The number of hydrogen-bond donors (Lipinski definition) is 3. The van der Waals surface area contributed by atoms with Crippen molar-refractivity contribution in [3.8, 4) is 5.75 Å². The summed E-state index contributed by atoms with van der Waals surface area (Å²) < 4.78 is 20.6. The smallest absolute Gasteiger partial charge is 0.246 e. The Kier molecular flexibility index (Phi) is 8.00. The summed E-state index contributed by atoms with van der Waals surface area (Å²) in [6.07, 6.45) is 6.10. The van der Waals surface area contributed by atoms with Gasteiger partial charge >= 0.3 is 0 Å². The lowest BCUT2D eigenvalue weighted by Crippen LogP contribution is -2.33. The molecule has 1 saturated heterocycles. The molecule has 2 aromatic heterocycles. The number of hydrogen-bond acceptors (Lipinski definition) is 9. The Morgan fingerprint density at radius 2 is 2.13 bits per heavy atom. The van der Waals surface area contributed by atoms with Gasteiger partial charge in [0, 0.05) is 29.7 Å². The number of aliphatic hydroxyl groups excluding tert-OH is 1. The fourth-order valence-corrected chi connectivity index (χ4v) is 4.55. The summed E-state index contributed by atoms with van der Waals surface area (Å²) >= 11 is 0. The van der Waals surface area contributed by atoms with Gasteiger partial charge in [-0.1, -0.05) is 11.3 Å². The van der Waals surface area contributed by atoms with Crippen LogP contribution in [0.15, 0.2) is 55.0 Å². The highest BCUT2D eigenvalue weighted by molar-refractivity contribution is 5.91. The van der Waals surface area contributed by atoms with E-state index in [1.807, 2.05) is 18.2 Å². The minimum absolute atomic E-state index is 0.0885. The molecule has 12 heteroatoms. The van der Waals surface area contributed by atoms with E-state index in [0.717, 1.165) is 43.5 Å². The van der Waals surface area contributed by atoms with E-state index in [1.54, 1.807) is 12.3 Å². The van der Waals surface area contributed by atoms with E-state index in [2.05, 4.69) is 35.8 Å². The Hall–Kier alpha value is -4.16. The van der Waals surface area contributed by atoms with E-state index in [0.29, 0.717) is 29.4 Å². The van der Waals surface area contributed by atoms with E-state index >= 15 is 0 Å². The molecule has 0 bridgehead atoms. The Balaban J connectivity index is 1.16. The van der Waals surface area contributed by atoms with Gasteiger partial charge in [0.25, 0.3) is 0 Å². The highest BCUT2D eigenvalue weighted by Gasteiger charge is 2.22. The number of rotatable bonds is 11. The standard InChI is InChI=1S/C26H29FN8O3/c27-18-4-1-5-19(12-18)30-25(37)15-35-14-24(32-33-35)31-26-22-8-7-21(13-23(22)28-17-29-26)38-11-3-10-34-9-2-6-20(34)16-36/h1,4-5,7-8,12-14,17,20,36H,2-3,6,9-11,15-16H2,(H,30,37)(H,28,29,31)/t20-/m0/s1. The molecule has 38 heavy (non-hydrogen) atoms. The van der Waals surface area contributed by atoms with E-state index in [9.17, 15) is 14.3 Å². The fraction of sp³-hybridized carbons (Fsp3) is 0.346. The van der Waals surface area contributed by atoms with Crippen LogP contribution in [-0.4, -0.2) is 73.2 Å². The average molecular weight is 521 g/mol. The van der Waals surface area contributed by atoms with Crippen LogP contribution in [0.25, 0.3) is 10.9 Å². The zero-order valence-electron chi connectivity index (χ0n) is 20.8. The maximum atomic E-state index is 13.3. The summed E-state index contributed by atoms with van der Waals surface area (Å²) in [6, 6.07) is 11.6. The van der Waals surface area contributed by atoms with Gasteiger partial charge in [-0.15, -0.1) is 5.10 Å². The van der Waals surface area contributed by atoms with Gasteiger partial charge in [-0.3, -0.25) is 9.69 Å². The number of carbonyl (C=O) groups is 1. The normalized spacial score (nSPS) is 15.6. The number of nitrogens with one attached hydrogen (secondary N) is 2. The van der Waals surface area contributed by atoms with Crippen LogP contribution in [0.3, 0.4) is 0 Å². The molecule has 1 aliphatic heterocycles. The van der Waals surface area contributed by atoms with Crippen molar-refractivity contribution < 1.29 is 19.0 Å². The lowest BCUT2D eigenvalue weighted by atomic mass is 10.2. The first-order chi connectivity index (χ1) is 18.6. The maximum absolute atomic E-state index is 13.3. The van der Waals surface area contributed by atoms with Crippen LogP contribution in [0.1, 0.15) is 19.3 Å². The molecule has 0 aliphatic carbocycles. The van der Waals surface area contributed by atoms with Crippen molar-refractivity contribution in [3.05, 3.63) is 60.8 Å². The summed E-state index contributed by atoms with van der Waals surface area (Å²) in [4.78, 5) is 23.3. The van der Waals surface area contributed by atoms with Gasteiger partial charge in [-0.2, -0.15) is 0 Å². The van der Waals surface area contributed by atoms with Crippen molar-refractivity contribution in [2.75, 3.05) is 36.9 Å². The van der Waals surface area contributed by atoms with Crippen LogP contribution < -0.4 is 15.4 Å². The molecule has 2 aromatic carbocycles. The van der Waals surface area contributed by atoms with E-state index < -0.39 is 5.82 Å². The maximum Gasteiger partial charge on any atom is 0.246 e. The Morgan fingerprint density at radius 3 is 3.00 bits per heavy atom. The highest BCUT2D eigenvalue weighted by Crippen LogP contribution is 2.26. The van der Waals surface area contributed by atoms with E-state index in [-0.39, 0.29) is 25.1 Å². The van der Waals surface area contributed by atoms with Gasteiger partial charge in [0.05, 0.1) is 24.9 Å². The van der Waals surface area contributed by atoms with Crippen molar-refractivity contribution in [1.29, 1.82) is 0 Å². The van der Waals surface area contributed by atoms with Crippen LogP contribution in [0.4, 0.5) is 21.7 Å². The predicted octanol–water partition coefficient (Wildman–Crippen LogP) is 2.97. The monoisotopic (exact) mass is 520 g/mol. The largest absolute Gasteiger partial charge is 0.493 e.